The number of hydrogen-bond acceptors (Lipinski definition) is 3. The van der Waals surface area contributed by atoms with Gasteiger partial charge in [0.25, 0.3) is 0 Å². The highest BCUT2D eigenvalue weighted by Gasteiger charge is 2.15. The molecular weight excluding hydrogens is 432 g/mol. The molecule has 1 unspecified atom stereocenters. The van der Waals surface area contributed by atoms with Crippen LogP contribution in [-0.4, -0.2) is 36.8 Å². The van der Waals surface area contributed by atoms with Crippen molar-refractivity contribution in [3.05, 3.63) is 29.6 Å². The lowest BCUT2D eigenvalue weighted by Crippen LogP contribution is -2.39. The lowest BCUT2D eigenvalue weighted by atomic mass is 10.2. The molecule has 1 aromatic rings. The van der Waals surface area contributed by atoms with E-state index in [1.54, 1.807) is 24.9 Å². The van der Waals surface area contributed by atoms with Crippen LogP contribution in [0.5, 0.6) is 0 Å². The molecule has 1 saturated heterocycles. The van der Waals surface area contributed by atoms with Gasteiger partial charge in [-0.25, -0.2) is 4.39 Å². The molecule has 124 valence electrons. The molecule has 0 aliphatic carbocycles. The maximum Gasteiger partial charge on any atom is 0.191 e. The van der Waals surface area contributed by atoms with E-state index in [9.17, 15) is 4.39 Å². The topological polar surface area (TPSA) is 36.4 Å². The Labute approximate surface area is 157 Å². The molecule has 2 rings (SSSR count). The van der Waals surface area contributed by atoms with Crippen LogP contribution in [0.25, 0.3) is 0 Å². The van der Waals surface area contributed by atoms with Crippen LogP contribution in [0.4, 0.5) is 4.39 Å². The average molecular weight is 455 g/mol. The van der Waals surface area contributed by atoms with Crippen LogP contribution < -0.4 is 10.6 Å². The van der Waals surface area contributed by atoms with E-state index in [0.29, 0.717) is 11.8 Å². The first-order valence-corrected chi connectivity index (χ1v) is 9.39. The fourth-order valence-corrected chi connectivity index (χ4v) is 4.10. The zero-order chi connectivity index (χ0) is 15.1. The number of rotatable bonds is 5. The lowest BCUT2D eigenvalue weighted by Gasteiger charge is -2.15. The summed E-state index contributed by atoms with van der Waals surface area (Å²) in [5, 5.41) is 7.29. The third kappa shape index (κ3) is 6.16. The van der Waals surface area contributed by atoms with Crippen molar-refractivity contribution in [3.8, 4) is 0 Å². The van der Waals surface area contributed by atoms with Crippen molar-refractivity contribution in [2.45, 2.75) is 29.5 Å². The predicted octanol–water partition coefficient (Wildman–Crippen LogP) is 3.73. The summed E-state index contributed by atoms with van der Waals surface area (Å²) in [6.07, 6.45) is 4.58. The molecule has 1 atom stereocenters. The van der Waals surface area contributed by atoms with Crippen molar-refractivity contribution in [3.63, 3.8) is 0 Å². The van der Waals surface area contributed by atoms with Crippen molar-refractivity contribution >= 4 is 53.5 Å². The maximum absolute atomic E-state index is 13.4. The van der Waals surface area contributed by atoms with Crippen LogP contribution in [0.1, 0.15) is 18.4 Å². The summed E-state index contributed by atoms with van der Waals surface area (Å²) < 4.78 is 13.4. The van der Waals surface area contributed by atoms with Gasteiger partial charge in [0, 0.05) is 30.3 Å². The molecule has 0 amide bonds. The largest absolute Gasteiger partial charge is 0.355 e. The third-order valence-corrected chi connectivity index (χ3v) is 5.67. The minimum absolute atomic E-state index is 0. The van der Waals surface area contributed by atoms with Gasteiger partial charge >= 0.3 is 0 Å². The number of thioether (sulfide) groups is 2. The Morgan fingerprint density at radius 3 is 2.91 bits per heavy atom. The molecule has 22 heavy (non-hydrogen) atoms. The van der Waals surface area contributed by atoms with E-state index in [4.69, 9.17) is 0 Å². The zero-order valence-corrected chi connectivity index (χ0v) is 16.9. The van der Waals surface area contributed by atoms with Gasteiger partial charge in [0.05, 0.1) is 0 Å². The van der Waals surface area contributed by atoms with Crippen molar-refractivity contribution in [1.29, 1.82) is 0 Å². The minimum Gasteiger partial charge on any atom is -0.355 e. The Bertz CT molecular complexity index is 494. The summed E-state index contributed by atoms with van der Waals surface area (Å²) in [4.78, 5) is 5.32. The molecule has 0 spiro atoms. The molecule has 1 aliphatic rings. The number of hydrogen-bond donors (Lipinski definition) is 2. The van der Waals surface area contributed by atoms with Gasteiger partial charge in [0.2, 0.25) is 0 Å². The molecule has 7 heteroatoms. The standard InChI is InChI=1S/C15H22FN3S2.HI/c1-17-15(19-10-13-4-3-7-21-13)18-9-11-8-12(16)5-6-14(11)20-2;/h5-6,8,13H,3-4,7,9-10H2,1-2H3,(H2,17,18,19);1H. The number of nitrogens with zero attached hydrogens (tertiary/aromatic N) is 1. The SMILES string of the molecule is CN=C(NCc1cc(F)ccc1SC)NCC1CCCS1.I. The van der Waals surface area contributed by atoms with E-state index in [1.165, 1.54) is 24.7 Å². The molecule has 1 aromatic carbocycles. The van der Waals surface area contributed by atoms with Gasteiger partial charge in [-0.1, -0.05) is 0 Å². The van der Waals surface area contributed by atoms with Gasteiger partial charge in [0.15, 0.2) is 5.96 Å². The quantitative estimate of drug-likeness (QED) is 0.307. The third-order valence-electron chi connectivity index (χ3n) is 3.43. The normalized spacial score (nSPS) is 18.0. The summed E-state index contributed by atoms with van der Waals surface area (Å²) in [7, 11) is 1.76. The fourth-order valence-electron chi connectivity index (χ4n) is 2.30. The Morgan fingerprint density at radius 2 is 2.27 bits per heavy atom. The molecular formula is C15H23FIN3S2. The smallest absolute Gasteiger partial charge is 0.191 e. The highest BCUT2D eigenvalue weighted by atomic mass is 127. The maximum atomic E-state index is 13.4. The van der Waals surface area contributed by atoms with E-state index >= 15 is 0 Å². The average Bonchev–Trinajstić information content (AvgIpc) is 3.01. The summed E-state index contributed by atoms with van der Waals surface area (Å²) in [6, 6.07) is 4.90. The molecule has 2 N–H and O–H groups in total. The first kappa shape index (κ1) is 19.9. The van der Waals surface area contributed by atoms with Gasteiger partial charge in [-0.05, 0) is 48.6 Å². The van der Waals surface area contributed by atoms with Crippen molar-refractivity contribution < 1.29 is 4.39 Å². The van der Waals surface area contributed by atoms with E-state index < -0.39 is 0 Å². The monoisotopic (exact) mass is 455 g/mol. The molecule has 1 fully saturated rings. The molecule has 0 aromatic heterocycles. The van der Waals surface area contributed by atoms with Crippen LogP contribution in [0, 0.1) is 5.82 Å². The minimum atomic E-state index is -0.199. The lowest BCUT2D eigenvalue weighted by molar-refractivity contribution is 0.622. The summed E-state index contributed by atoms with van der Waals surface area (Å²) in [5.41, 5.74) is 0.959. The van der Waals surface area contributed by atoms with Crippen LogP contribution in [0.2, 0.25) is 0 Å². The van der Waals surface area contributed by atoms with Gasteiger partial charge in [-0.3, -0.25) is 4.99 Å². The van der Waals surface area contributed by atoms with Crippen LogP contribution in [0.3, 0.4) is 0 Å². The summed E-state index contributed by atoms with van der Waals surface area (Å²) in [6.45, 7) is 1.51. The van der Waals surface area contributed by atoms with Crippen molar-refractivity contribution in [1.82, 2.24) is 10.6 Å². The fraction of sp³-hybridized carbons (Fsp3) is 0.533. The molecule has 0 saturated carbocycles. The number of nitrogens with one attached hydrogen (secondary N) is 2. The van der Waals surface area contributed by atoms with Crippen molar-refractivity contribution in [2.75, 3.05) is 25.6 Å². The van der Waals surface area contributed by atoms with Crippen molar-refractivity contribution in [2.24, 2.45) is 4.99 Å². The van der Waals surface area contributed by atoms with Crippen LogP contribution in [-0.2, 0) is 6.54 Å². The van der Waals surface area contributed by atoms with Gasteiger partial charge < -0.3 is 10.6 Å². The van der Waals surface area contributed by atoms with Gasteiger partial charge in [-0.15, -0.1) is 35.7 Å². The second-order valence-electron chi connectivity index (χ2n) is 4.90. The number of halogens is 2. The van der Waals surface area contributed by atoms with E-state index in [-0.39, 0.29) is 29.8 Å². The highest BCUT2D eigenvalue weighted by Crippen LogP contribution is 2.25. The molecule has 3 nitrogen and oxygen atoms in total. The summed E-state index contributed by atoms with van der Waals surface area (Å²) >= 11 is 3.65. The van der Waals surface area contributed by atoms with E-state index in [0.717, 1.165) is 23.0 Å². The molecule has 1 heterocycles. The van der Waals surface area contributed by atoms with Gasteiger partial charge in [0.1, 0.15) is 5.82 Å². The first-order chi connectivity index (χ1) is 10.2. The second-order valence-corrected chi connectivity index (χ2v) is 7.15. The molecule has 0 bridgehead atoms. The summed E-state index contributed by atoms with van der Waals surface area (Å²) in [5.74, 6) is 1.84. The molecule has 1 aliphatic heterocycles. The Balaban J connectivity index is 0.00000242. The van der Waals surface area contributed by atoms with E-state index in [2.05, 4.69) is 15.6 Å². The first-order valence-electron chi connectivity index (χ1n) is 7.11. The van der Waals surface area contributed by atoms with Crippen LogP contribution in [0.15, 0.2) is 28.1 Å². The van der Waals surface area contributed by atoms with E-state index in [1.807, 2.05) is 24.1 Å². The predicted molar refractivity (Wildman–Crippen MR) is 107 cm³/mol. The Kier molecular flexibility index (Phi) is 9.58. The highest BCUT2D eigenvalue weighted by molar-refractivity contribution is 14.0. The van der Waals surface area contributed by atoms with Gasteiger partial charge in [-0.2, -0.15) is 11.8 Å². The molecule has 0 radical (unpaired) electrons. The Morgan fingerprint density at radius 1 is 1.45 bits per heavy atom. The van der Waals surface area contributed by atoms with Crippen LogP contribution >= 0.6 is 47.5 Å². The zero-order valence-electron chi connectivity index (χ0n) is 12.9. The Hall–Kier alpha value is -0.150. The number of guanidine groups is 1. The number of benzene rings is 1. The number of aliphatic imine (C=N–C) groups is 1. The second kappa shape index (κ2) is 10.6.